The third kappa shape index (κ3) is 3.54. The summed E-state index contributed by atoms with van der Waals surface area (Å²) in [5, 5.41) is 0.183. The molecule has 0 aromatic carbocycles. The van der Waals surface area contributed by atoms with Gasteiger partial charge in [0.15, 0.2) is 8.32 Å². The summed E-state index contributed by atoms with van der Waals surface area (Å²) in [7, 11) is -1.78. The van der Waals surface area contributed by atoms with Crippen LogP contribution in [0.5, 0.6) is 0 Å². The molecule has 0 radical (unpaired) electrons. The van der Waals surface area contributed by atoms with Crippen LogP contribution in [0, 0.1) is 0 Å². The summed E-state index contributed by atoms with van der Waals surface area (Å²) in [6, 6.07) is 3.51. The lowest BCUT2D eigenvalue weighted by Crippen LogP contribution is -2.41. The van der Waals surface area contributed by atoms with Gasteiger partial charge in [-0.25, -0.2) is 0 Å². The standard InChI is InChI=1S/C13H23NO2Si/c1-10(11-7-8-14-12(15)9-11)16-17(5,6)13(2,3)4/h7-10H,1-6H3,(H,14,15). The van der Waals surface area contributed by atoms with Crippen LogP contribution in [0.2, 0.25) is 18.1 Å². The summed E-state index contributed by atoms with van der Waals surface area (Å²) in [6.07, 6.45) is 1.64. The lowest BCUT2D eigenvalue weighted by Gasteiger charge is -2.38. The number of nitrogens with one attached hydrogen (secondary N) is 1. The molecule has 1 atom stereocenters. The van der Waals surface area contributed by atoms with Crippen LogP contribution < -0.4 is 5.56 Å². The zero-order valence-electron chi connectivity index (χ0n) is 11.6. The Morgan fingerprint density at radius 3 is 2.41 bits per heavy atom. The predicted octanol–water partition coefficient (Wildman–Crippen LogP) is 3.46. The summed E-state index contributed by atoms with van der Waals surface area (Å²) >= 11 is 0. The molecule has 0 saturated carbocycles. The maximum atomic E-state index is 11.3. The molecule has 4 heteroatoms. The first kappa shape index (κ1) is 14.2. The van der Waals surface area contributed by atoms with Crippen molar-refractivity contribution in [3.05, 3.63) is 34.2 Å². The number of aromatic amines is 1. The molecular weight excluding hydrogens is 230 g/mol. The molecule has 0 amide bonds. The molecule has 1 rings (SSSR count). The van der Waals surface area contributed by atoms with Crippen molar-refractivity contribution in [1.29, 1.82) is 0 Å². The smallest absolute Gasteiger partial charge is 0.248 e. The van der Waals surface area contributed by atoms with Crippen molar-refractivity contribution in [2.24, 2.45) is 0 Å². The second-order valence-corrected chi connectivity index (χ2v) is 10.8. The molecule has 17 heavy (non-hydrogen) atoms. The lowest BCUT2D eigenvalue weighted by atomic mass is 10.2. The summed E-state index contributed by atoms with van der Waals surface area (Å²) in [6.45, 7) is 13.1. The largest absolute Gasteiger partial charge is 0.410 e. The van der Waals surface area contributed by atoms with E-state index in [4.69, 9.17) is 4.43 Å². The topological polar surface area (TPSA) is 42.1 Å². The number of pyridine rings is 1. The Morgan fingerprint density at radius 1 is 1.35 bits per heavy atom. The van der Waals surface area contributed by atoms with Gasteiger partial charge in [-0.2, -0.15) is 0 Å². The summed E-state index contributed by atoms with van der Waals surface area (Å²) < 4.78 is 6.23. The Bertz CT molecular complexity index is 432. The van der Waals surface area contributed by atoms with Crippen molar-refractivity contribution in [3.63, 3.8) is 0 Å². The fourth-order valence-corrected chi connectivity index (χ4v) is 2.77. The fraction of sp³-hybridized carbons (Fsp3) is 0.615. The highest BCUT2D eigenvalue weighted by Gasteiger charge is 2.38. The molecule has 0 spiro atoms. The highest BCUT2D eigenvalue weighted by atomic mass is 28.4. The van der Waals surface area contributed by atoms with E-state index in [0.717, 1.165) is 5.56 Å². The molecule has 0 aliphatic carbocycles. The van der Waals surface area contributed by atoms with E-state index in [1.807, 2.05) is 13.0 Å². The van der Waals surface area contributed by atoms with Gasteiger partial charge in [0.25, 0.3) is 0 Å². The van der Waals surface area contributed by atoms with Crippen molar-refractivity contribution < 1.29 is 4.43 Å². The third-order valence-corrected chi connectivity index (χ3v) is 8.10. The molecule has 0 saturated heterocycles. The van der Waals surface area contributed by atoms with E-state index >= 15 is 0 Å². The van der Waals surface area contributed by atoms with Gasteiger partial charge in [0.05, 0.1) is 6.10 Å². The SMILES string of the molecule is CC(O[Si](C)(C)C(C)(C)C)c1cc[nH]c(=O)c1. The van der Waals surface area contributed by atoms with E-state index in [1.54, 1.807) is 12.3 Å². The highest BCUT2D eigenvalue weighted by molar-refractivity contribution is 6.74. The molecule has 1 N–H and O–H groups in total. The van der Waals surface area contributed by atoms with Gasteiger partial charge in [0.2, 0.25) is 5.56 Å². The van der Waals surface area contributed by atoms with E-state index in [1.165, 1.54) is 0 Å². The predicted molar refractivity (Wildman–Crippen MR) is 73.8 cm³/mol. The van der Waals surface area contributed by atoms with Crippen LogP contribution in [-0.2, 0) is 4.43 Å². The fourth-order valence-electron chi connectivity index (χ4n) is 1.40. The van der Waals surface area contributed by atoms with Crippen LogP contribution in [0.4, 0.5) is 0 Å². The second kappa shape index (κ2) is 4.78. The Morgan fingerprint density at radius 2 is 1.94 bits per heavy atom. The molecule has 0 aliphatic rings. The van der Waals surface area contributed by atoms with Gasteiger partial charge in [-0.1, -0.05) is 20.8 Å². The molecule has 96 valence electrons. The second-order valence-electron chi connectivity index (χ2n) is 6.01. The molecular formula is C13H23NO2Si. The third-order valence-electron chi connectivity index (χ3n) is 3.55. The first-order valence-corrected chi connectivity index (χ1v) is 8.91. The first-order valence-electron chi connectivity index (χ1n) is 6.00. The van der Waals surface area contributed by atoms with Gasteiger partial charge in [0, 0.05) is 12.3 Å². The van der Waals surface area contributed by atoms with Crippen LogP contribution >= 0.6 is 0 Å². The van der Waals surface area contributed by atoms with E-state index in [2.05, 4.69) is 38.8 Å². The highest BCUT2D eigenvalue weighted by Crippen LogP contribution is 2.39. The van der Waals surface area contributed by atoms with E-state index in [-0.39, 0.29) is 16.7 Å². The molecule has 1 unspecified atom stereocenters. The van der Waals surface area contributed by atoms with Crippen LogP contribution in [0.1, 0.15) is 39.4 Å². The zero-order chi connectivity index (χ0) is 13.3. The number of rotatable bonds is 3. The number of H-pyrrole nitrogens is 1. The van der Waals surface area contributed by atoms with Gasteiger partial charge < -0.3 is 9.41 Å². The number of hydrogen-bond acceptors (Lipinski definition) is 2. The van der Waals surface area contributed by atoms with E-state index in [0.29, 0.717) is 0 Å². The minimum absolute atomic E-state index is 0.0295. The Hall–Kier alpha value is -0.873. The number of aromatic nitrogens is 1. The lowest BCUT2D eigenvalue weighted by molar-refractivity contribution is 0.203. The van der Waals surface area contributed by atoms with Gasteiger partial charge >= 0.3 is 0 Å². The van der Waals surface area contributed by atoms with Crippen LogP contribution in [0.15, 0.2) is 23.1 Å². The summed E-state index contributed by atoms with van der Waals surface area (Å²) in [4.78, 5) is 13.9. The van der Waals surface area contributed by atoms with Gasteiger partial charge in [-0.05, 0) is 36.7 Å². The number of hydrogen-bond donors (Lipinski definition) is 1. The van der Waals surface area contributed by atoms with Gasteiger partial charge in [-0.3, -0.25) is 4.79 Å². The molecule has 3 nitrogen and oxygen atoms in total. The minimum Gasteiger partial charge on any atom is -0.410 e. The molecule has 1 aromatic rings. The maximum absolute atomic E-state index is 11.3. The van der Waals surface area contributed by atoms with Crippen LogP contribution in [0.25, 0.3) is 0 Å². The van der Waals surface area contributed by atoms with Gasteiger partial charge in [0.1, 0.15) is 0 Å². The van der Waals surface area contributed by atoms with Crippen LogP contribution in [0.3, 0.4) is 0 Å². The maximum Gasteiger partial charge on any atom is 0.248 e. The average Bonchev–Trinajstić information content (AvgIpc) is 2.15. The summed E-state index contributed by atoms with van der Waals surface area (Å²) in [5.41, 5.74) is 0.867. The quantitative estimate of drug-likeness (QED) is 0.838. The van der Waals surface area contributed by atoms with E-state index < -0.39 is 8.32 Å². The molecule has 1 aromatic heterocycles. The monoisotopic (exact) mass is 253 g/mol. The minimum atomic E-state index is -1.78. The molecule has 0 fully saturated rings. The van der Waals surface area contributed by atoms with Crippen molar-refractivity contribution >= 4 is 8.32 Å². The van der Waals surface area contributed by atoms with Crippen molar-refractivity contribution in [3.8, 4) is 0 Å². The van der Waals surface area contributed by atoms with Crippen molar-refractivity contribution in [2.75, 3.05) is 0 Å². The summed E-state index contributed by atoms with van der Waals surface area (Å²) in [5.74, 6) is 0. The molecule has 1 heterocycles. The first-order chi connectivity index (χ1) is 7.63. The van der Waals surface area contributed by atoms with Crippen LogP contribution in [-0.4, -0.2) is 13.3 Å². The van der Waals surface area contributed by atoms with E-state index in [9.17, 15) is 4.79 Å². The Labute approximate surface area is 104 Å². The normalized spacial score (nSPS) is 14.7. The van der Waals surface area contributed by atoms with Crippen molar-refractivity contribution in [2.45, 2.75) is 51.9 Å². The zero-order valence-corrected chi connectivity index (χ0v) is 12.6. The Balaban J connectivity index is 2.87. The Kier molecular flexibility index (Phi) is 3.99. The van der Waals surface area contributed by atoms with Crippen molar-refractivity contribution in [1.82, 2.24) is 4.98 Å². The van der Waals surface area contributed by atoms with Gasteiger partial charge in [-0.15, -0.1) is 0 Å². The molecule has 0 bridgehead atoms. The average molecular weight is 253 g/mol. The molecule has 0 aliphatic heterocycles.